The van der Waals surface area contributed by atoms with E-state index in [1.165, 1.54) is 12.1 Å². The van der Waals surface area contributed by atoms with Crippen molar-refractivity contribution in [3.05, 3.63) is 34.9 Å². The number of alkyl halides is 2. The average Bonchev–Trinajstić information content (AvgIpc) is 2.16. The van der Waals surface area contributed by atoms with Gasteiger partial charge in [-0.05, 0) is 23.8 Å². The predicted molar refractivity (Wildman–Crippen MR) is 54.8 cm³/mol. The molecule has 15 heavy (non-hydrogen) atoms. The van der Waals surface area contributed by atoms with E-state index < -0.39 is 16.8 Å². The van der Waals surface area contributed by atoms with Crippen molar-refractivity contribution in [3.8, 4) is 0 Å². The average molecular weight is 249 g/mol. The highest BCUT2D eigenvalue weighted by atomic mass is 35.5. The quantitative estimate of drug-likeness (QED) is 0.807. The third-order valence-corrected chi connectivity index (χ3v) is 2.21. The molecule has 0 saturated heterocycles. The molecule has 1 rings (SSSR count). The van der Waals surface area contributed by atoms with Gasteiger partial charge in [0, 0.05) is 0 Å². The Morgan fingerprint density at radius 3 is 1.67 bits per heavy atom. The van der Waals surface area contributed by atoms with Crippen molar-refractivity contribution in [3.63, 3.8) is 0 Å². The monoisotopic (exact) mass is 248 g/mol. The number of halogens is 2. The van der Waals surface area contributed by atoms with Gasteiger partial charge in [0.25, 0.3) is 0 Å². The molecule has 0 saturated carbocycles. The zero-order valence-corrected chi connectivity index (χ0v) is 8.79. The zero-order chi connectivity index (χ0) is 11.6. The smallest absolute Gasteiger partial charge is 0.335 e. The van der Waals surface area contributed by atoms with E-state index in [0.717, 1.165) is 6.07 Å². The van der Waals surface area contributed by atoms with Gasteiger partial charge in [-0.25, -0.2) is 9.59 Å². The van der Waals surface area contributed by atoms with Crippen LogP contribution in [0.3, 0.4) is 0 Å². The van der Waals surface area contributed by atoms with Crippen molar-refractivity contribution in [2.45, 2.75) is 4.84 Å². The summed E-state index contributed by atoms with van der Waals surface area (Å²) in [5.41, 5.74) is -0.0666. The first-order valence-corrected chi connectivity index (χ1v) is 4.69. The van der Waals surface area contributed by atoms with Crippen LogP contribution in [0, 0.1) is 0 Å². The number of carboxylic acid groups (broad SMARTS) is 2. The molecule has 6 heteroatoms. The number of aromatic carboxylic acids is 2. The van der Waals surface area contributed by atoms with Gasteiger partial charge in [0.15, 0.2) is 0 Å². The number of carboxylic acids is 2. The molecule has 1 aromatic carbocycles. The molecule has 0 unspecified atom stereocenters. The molecule has 0 aliphatic heterocycles. The normalized spacial score (nSPS) is 10.3. The van der Waals surface area contributed by atoms with E-state index in [0.29, 0.717) is 0 Å². The molecular weight excluding hydrogens is 243 g/mol. The summed E-state index contributed by atoms with van der Waals surface area (Å²) in [5, 5.41) is 17.4. The lowest BCUT2D eigenvalue weighted by molar-refractivity contribution is 0.0696. The first-order chi connectivity index (χ1) is 6.91. The minimum absolute atomic E-state index is 0.156. The van der Waals surface area contributed by atoms with Crippen molar-refractivity contribution in [2.75, 3.05) is 0 Å². The molecule has 0 radical (unpaired) electrons. The van der Waals surface area contributed by atoms with Crippen LogP contribution in [0.5, 0.6) is 0 Å². The molecule has 1 aromatic rings. The van der Waals surface area contributed by atoms with Crippen LogP contribution in [0.25, 0.3) is 0 Å². The fourth-order valence-corrected chi connectivity index (χ4v) is 1.28. The van der Waals surface area contributed by atoms with Gasteiger partial charge in [-0.3, -0.25) is 0 Å². The minimum atomic E-state index is -1.23. The fraction of sp³-hybridized carbons (Fsp3) is 0.111. The lowest BCUT2D eigenvalue weighted by Crippen LogP contribution is -2.04. The number of rotatable bonds is 3. The maximum Gasteiger partial charge on any atom is 0.335 e. The van der Waals surface area contributed by atoms with Crippen LogP contribution in [0.1, 0.15) is 31.1 Å². The maximum absolute atomic E-state index is 10.7. The van der Waals surface area contributed by atoms with E-state index in [4.69, 9.17) is 33.4 Å². The summed E-state index contributed by atoms with van der Waals surface area (Å²) in [7, 11) is 0. The van der Waals surface area contributed by atoms with Crippen molar-refractivity contribution >= 4 is 35.1 Å². The van der Waals surface area contributed by atoms with Crippen LogP contribution >= 0.6 is 23.2 Å². The molecule has 0 aliphatic rings. The Morgan fingerprint density at radius 2 is 1.40 bits per heavy atom. The SMILES string of the molecule is O=C(O)c1cc(C(=O)O)cc(C(Cl)Cl)c1. The largest absolute Gasteiger partial charge is 0.478 e. The summed E-state index contributed by atoms with van der Waals surface area (Å²) in [5.74, 6) is -2.46. The van der Waals surface area contributed by atoms with Crippen molar-refractivity contribution in [1.29, 1.82) is 0 Å². The first kappa shape index (κ1) is 11.8. The van der Waals surface area contributed by atoms with Crippen LogP contribution in [0.2, 0.25) is 0 Å². The highest BCUT2D eigenvalue weighted by Gasteiger charge is 2.14. The van der Waals surface area contributed by atoms with Crippen LogP contribution in [-0.2, 0) is 0 Å². The standard InChI is InChI=1S/C9H6Cl2O4/c10-7(11)4-1-5(8(12)13)3-6(2-4)9(14)15/h1-3,7H,(H,12,13)(H,14,15). The topological polar surface area (TPSA) is 74.6 Å². The first-order valence-electron chi connectivity index (χ1n) is 3.81. The molecular formula is C9H6Cl2O4. The predicted octanol–water partition coefficient (Wildman–Crippen LogP) is 2.56. The minimum Gasteiger partial charge on any atom is -0.478 e. The zero-order valence-electron chi connectivity index (χ0n) is 7.28. The third kappa shape index (κ3) is 2.84. The second-order valence-corrected chi connectivity index (χ2v) is 3.85. The van der Waals surface area contributed by atoms with Crippen molar-refractivity contribution < 1.29 is 19.8 Å². The summed E-state index contributed by atoms with van der Waals surface area (Å²) in [6.45, 7) is 0. The Balaban J connectivity index is 3.32. The molecule has 0 heterocycles. The highest BCUT2D eigenvalue weighted by molar-refractivity contribution is 6.44. The Bertz CT molecular complexity index is 382. The lowest BCUT2D eigenvalue weighted by Gasteiger charge is -2.05. The lowest BCUT2D eigenvalue weighted by atomic mass is 10.1. The summed E-state index contributed by atoms with van der Waals surface area (Å²) in [4.78, 5) is 20.4. The summed E-state index contributed by atoms with van der Waals surface area (Å²) in [6.07, 6.45) is 0. The van der Waals surface area contributed by atoms with Gasteiger partial charge >= 0.3 is 11.9 Å². The number of benzene rings is 1. The number of hydrogen-bond acceptors (Lipinski definition) is 2. The Morgan fingerprint density at radius 1 is 1.00 bits per heavy atom. The molecule has 0 bridgehead atoms. The van der Waals surface area contributed by atoms with Gasteiger partial charge in [0.05, 0.1) is 11.1 Å². The van der Waals surface area contributed by atoms with Crippen molar-refractivity contribution in [2.24, 2.45) is 0 Å². The van der Waals surface area contributed by atoms with Gasteiger partial charge in [-0.15, -0.1) is 23.2 Å². The van der Waals surface area contributed by atoms with Crippen LogP contribution < -0.4 is 0 Å². The van der Waals surface area contributed by atoms with Crippen LogP contribution in [0.15, 0.2) is 18.2 Å². The van der Waals surface area contributed by atoms with Gasteiger partial charge in [0.1, 0.15) is 4.84 Å². The molecule has 0 aromatic heterocycles. The number of hydrogen-bond donors (Lipinski definition) is 2. The van der Waals surface area contributed by atoms with E-state index in [1.807, 2.05) is 0 Å². The van der Waals surface area contributed by atoms with Gasteiger partial charge in [0.2, 0.25) is 0 Å². The van der Waals surface area contributed by atoms with E-state index in [2.05, 4.69) is 0 Å². The van der Waals surface area contributed by atoms with Gasteiger partial charge in [-0.2, -0.15) is 0 Å². The van der Waals surface area contributed by atoms with E-state index in [-0.39, 0.29) is 16.7 Å². The molecule has 4 nitrogen and oxygen atoms in total. The van der Waals surface area contributed by atoms with Crippen LogP contribution in [0.4, 0.5) is 0 Å². The molecule has 0 aliphatic carbocycles. The molecule has 0 fully saturated rings. The van der Waals surface area contributed by atoms with E-state index >= 15 is 0 Å². The summed E-state index contributed by atoms with van der Waals surface area (Å²) < 4.78 is 0. The summed E-state index contributed by atoms with van der Waals surface area (Å²) >= 11 is 11.1. The highest BCUT2D eigenvalue weighted by Crippen LogP contribution is 2.26. The second kappa shape index (κ2) is 4.51. The number of carbonyl (C=O) groups is 2. The Kier molecular flexibility index (Phi) is 3.55. The maximum atomic E-state index is 10.7. The van der Waals surface area contributed by atoms with Gasteiger partial charge in [-0.1, -0.05) is 0 Å². The molecule has 80 valence electrons. The van der Waals surface area contributed by atoms with Crippen molar-refractivity contribution in [1.82, 2.24) is 0 Å². The molecule has 0 atom stereocenters. The summed E-state index contributed by atoms with van der Waals surface area (Å²) in [6, 6.07) is 3.52. The molecule has 0 amide bonds. The molecule has 2 N–H and O–H groups in total. The second-order valence-electron chi connectivity index (χ2n) is 2.75. The molecule has 0 spiro atoms. The van der Waals surface area contributed by atoms with E-state index in [1.54, 1.807) is 0 Å². The third-order valence-electron chi connectivity index (χ3n) is 1.70. The Labute approximate surface area is 95.0 Å². The van der Waals surface area contributed by atoms with E-state index in [9.17, 15) is 9.59 Å². The van der Waals surface area contributed by atoms with Crippen LogP contribution in [-0.4, -0.2) is 22.2 Å². The van der Waals surface area contributed by atoms with Gasteiger partial charge < -0.3 is 10.2 Å². The fourth-order valence-electron chi connectivity index (χ4n) is 1.02. The Hall–Kier alpha value is -1.26.